The van der Waals surface area contributed by atoms with Crippen molar-refractivity contribution in [2.45, 2.75) is 18.3 Å². The summed E-state index contributed by atoms with van der Waals surface area (Å²) >= 11 is 0. The molecule has 4 rings (SSSR count). The van der Waals surface area contributed by atoms with Crippen LogP contribution in [0.5, 0.6) is 5.75 Å². The molecule has 0 aliphatic heterocycles. The van der Waals surface area contributed by atoms with Crippen LogP contribution in [-0.2, 0) is 5.41 Å². The third kappa shape index (κ3) is 2.81. The van der Waals surface area contributed by atoms with Gasteiger partial charge in [0.25, 0.3) is 0 Å². The molecule has 0 amide bonds. The molecule has 0 spiro atoms. The van der Waals surface area contributed by atoms with E-state index in [1.54, 1.807) is 7.11 Å². The van der Waals surface area contributed by atoms with Gasteiger partial charge < -0.3 is 15.8 Å². The third-order valence-electron chi connectivity index (χ3n) is 4.86. The summed E-state index contributed by atoms with van der Waals surface area (Å²) in [6.07, 6.45) is 2.13. The highest BCUT2D eigenvalue weighted by molar-refractivity contribution is 5.89. The third-order valence-corrected chi connectivity index (χ3v) is 4.86. The smallest absolute Gasteiger partial charge is 0.141 e. The van der Waals surface area contributed by atoms with Crippen LogP contribution >= 0.6 is 0 Å². The predicted molar refractivity (Wildman–Crippen MR) is 100 cm³/mol. The van der Waals surface area contributed by atoms with E-state index in [1.807, 2.05) is 36.4 Å². The normalized spacial score (nSPS) is 15.1. The van der Waals surface area contributed by atoms with Crippen molar-refractivity contribution in [1.29, 1.82) is 0 Å². The number of nitrogens with two attached hydrogens (primary N) is 1. The molecule has 1 heterocycles. The molecule has 3 aromatic rings. The highest BCUT2D eigenvalue weighted by Gasteiger charge is 2.49. The van der Waals surface area contributed by atoms with Gasteiger partial charge in [-0.2, -0.15) is 0 Å². The number of nitrogens with zero attached hydrogens (tertiary/aromatic N) is 2. The maximum Gasteiger partial charge on any atom is 0.141 e. The Morgan fingerprint density at radius 2 is 1.84 bits per heavy atom. The number of rotatable bonds is 6. The molecule has 5 nitrogen and oxygen atoms in total. The Hall–Kier alpha value is -2.66. The van der Waals surface area contributed by atoms with Gasteiger partial charge in [0.05, 0.1) is 18.0 Å². The number of fused-ring (bicyclic) bond motifs is 1. The van der Waals surface area contributed by atoms with Gasteiger partial charge in [-0.05, 0) is 42.7 Å². The number of hydrogen-bond donors (Lipinski definition) is 2. The Kier molecular flexibility index (Phi) is 4.01. The minimum atomic E-state index is -0.0878. The van der Waals surface area contributed by atoms with Gasteiger partial charge in [-0.15, -0.1) is 0 Å². The zero-order valence-corrected chi connectivity index (χ0v) is 14.3. The lowest BCUT2D eigenvalue weighted by Gasteiger charge is -2.17. The van der Waals surface area contributed by atoms with Crippen molar-refractivity contribution in [3.8, 4) is 5.75 Å². The van der Waals surface area contributed by atoms with Crippen molar-refractivity contribution in [3.63, 3.8) is 0 Å². The Labute approximate surface area is 147 Å². The molecule has 1 aromatic heterocycles. The van der Waals surface area contributed by atoms with Crippen molar-refractivity contribution in [3.05, 3.63) is 59.9 Å². The molecular formula is C20H22N4O. The monoisotopic (exact) mass is 334 g/mol. The molecule has 5 heteroatoms. The fourth-order valence-corrected chi connectivity index (χ4v) is 3.29. The summed E-state index contributed by atoms with van der Waals surface area (Å²) in [6.45, 7) is 1.26. The van der Waals surface area contributed by atoms with Crippen LogP contribution in [0.3, 0.4) is 0 Å². The number of para-hydroxylation sites is 1. The summed E-state index contributed by atoms with van der Waals surface area (Å²) in [7, 11) is 1.68. The van der Waals surface area contributed by atoms with E-state index in [-0.39, 0.29) is 5.41 Å². The van der Waals surface area contributed by atoms with Gasteiger partial charge in [0.2, 0.25) is 0 Å². The Morgan fingerprint density at radius 1 is 1.08 bits per heavy atom. The summed E-state index contributed by atoms with van der Waals surface area (Å²) in [5.74, 6) is 2.62. The van der Waals surface area contributed by atoms with E-state index in [0.29, 0.717) is 13.1 Å². The summed E-state index contributed by atoms with van der Waals surface area (Å²) in [6, 6.07) is 16.4. The van der Waals surface area contributed by atoms with E-state index < -0.39 is 0 Å². The fourth-order valence-electron chi connectivity index (χ4n) is 3.29. The van der Waals surface area contributed by atoms with Gasteiger partial charge in [0, 0.05) is 18.5 Å². The van der Waals surface area contributed by atoms with Gasteiger partial charge in [0.15, 0.2) is 0 Å². The van der Waals surface area contributed by atoms with Crippen LogP contribution < -0.4 is 15.8 Å². The summed E-state index contributed by atoms with van der Waals surface area (Å²) in [4.78, 5) is 9.77. The van der Waals surface area contributed by atoms with Gasteiger partial charge in [-0.25, -0.2) is 9.97 Å². The first kappa shape index (κ1) is 15.8. The van der Waals surface area contributed by atoms with Crippen molar-refractivity contribution in [2.24, 2.45) is 5.73 Å². The van der Waals surface area contributed by atoms with E-state index in [9.17, 15) is 0 Å². The fraction of sp³-hybridized carbons (Fsp3) is 0.300. The second kappa shape index (κ2) is 6.33. The Balaban J connectivity index is 1.79. The standard InChI is InChI=1S/C20H22N4O/c1-25-15-8-6-14(7-9-15)20(10-11-20)19-23-17-5-3-2-4-16(17)18(24-19)22-13-12-21/h2-9H,10-13,21H2,1H3,(H,22,23,24). The van der Waals surface area contributed by atoms with E-state index in [0.717, 1.165) is 41.1 Å². The molecule has 1 aliphatic carbocycles. The van der Waals surface area contributed by atoms with Crippen molar-refractivity contribution in [1.82, 2.24) is 9.97 Å². The lowest BCUT2D eigenvalue weighted by molar-refractivity contribution is 0.414. The zero-order valence-electron chi connectivity index (χ0n) is 14.3. The van der Waals surface area contributed by atoms with Crippen LogP contribution in [0, 0.1) is 0 Å². The summed E-state index contributed by atoms with van der Waals surface area (Å²) in [5, 5.41) is 4.38. The number of hydrogen-bond acceptors (Lipinski definition) is 5. The minimum Gasteiger partial charge on any atom is -0.497 e. The molecule has 2 aromatic carbocycles. The number of anilines is 1. The molecule has 1 saturated carbocycles. The minimum absolute atomic E-state index is 0.0878. The summed E-state index contributed by atoms with van der Waals surface area (Å²) in [5.41, 5.74) is 7.78. The first-order valence-corrected chi connectivity index (χ1v) is 8.62. The molecule has 1 aliphatic rings. The van der Waals surface area contributed by atoms with Crippen LogP contribution in [0.2, 0.25) is 0 Å². The Bertz CT molecular complexity index is 888. The van der Waals surface area contributed by atoms with Gasteiger partial charge in [-0.3, -0.25) is 0 Å². The summed E-state index contributed by atoms with van der Waals surface area (Å²) < 4.78 is 5.28. The van der Waals surface area contributed by atoms with E-state index >= 15 is 0 Å². The zero-order chi connectivity index (χ0) is 17.3. The van der Waals surface area contributed by atoms with Gasteiger partial charge >= 0.3 is 0 Å². The van der Waals surface area contributed by atoms with E-state index in [1.165, 1.54) is 5.56 Å². The molecule has 1 fully saturated rings. The quantitative estimate of drug-likeness (QED) is 0.725. The maximum atomic E-state index is 5.66. The molecular weight excluding hydrogens is 312 g/mol. The second-order valence-electron chi connectivity index (χ2n) is 6.44. The van der Waals surface area contributed by atoms with Gasteiger partial charge in [-0.1, -0.05) is 24.3 Å². The molecule has 0 bridgehead atoms. The van der Waals surface area contributed by atoms with Crippen molar-refractivity contribution in [2.75, 3.05) is 25.5 Å². The number of methoxy groups -OCH3 is 1. The van der Waals surface area contributed by atoms with Crippen molar-refractivity contribution >= 4 is 16.7 Å². The first-order valence-electron chi connectivity index (χ1n) is 8.62. The molecule has 0 radical (unpaired) electrons. The molecule has 0 saturated heterocycles. The average molecular weight is 334 g/mol. The molecule has 0 atom stereocenters. The Morgan fingerprint density at radius 3 is 2.52 bits per heavy atom. The molecule has 25 heavy (non-hydrogen) atoms. The largest absolute Gasteiger partial charge is 0.497 e. The molecule has 3 N–H and O–H groups in total. The van der Waals surface area contributed by atoms with E-state index in [4.69, 9.17) is 20.4 Å². The van der Waals surface area contributed by atoms with Crippen LogP contribution in [0.15, 0.2) is 48.5 Å². The SMILES string of the molecule is COc1ccc(C2(c3nc(NCCN)c4ccccc4n3)CC2)cc1. The van der Waals surface area contributed by atoms with Crippen LogP contribution in [0.25, 0.3) is 10.9 Å². The van der Waals surface area contributed by atoms with Crippen LogP contribution in [-0.4, -0.2) is 30.2 Å². The number of aromatic nitrogens is 2. The van der Waals surface area contributed by atoms with Gasteiger partial charge in [0.1, 0.15) is 17.4 Å². The lowest BCUT2D eigenvalue weighted by Crippen LogP contribution is -2.18. The first-order chi connectivity index (χ1) is 12.3. The van der Waals surface area contributed by atoms with Crippen molar-refractivity contribution < 1.29 is 4.74 Å². The number of ether oxygens (including phenoxy) is 1. The van der Waals surface area contributed by atoms with Crippen LogP contribution in [0.4, 0.5) is 5.82 Å². The molecule has 0 unspecified atom stereocenters. The second-order valence-corrected chi connectivity index (χ2v) is 6.44. The highest BCUT2D eigenvalue weighted by atomic mass is 16.5. The number of nitrogens with one attached hydrogen (secondary N) is 1. The average Bonchev–Trinajstić information content (AvgIpc) is 3.48. The number of benzene rings is 2. The molecule has 128 valence electrons. The van der Waals surface area contributed by atoms with E-state index in [2.05, 4.69) is 17.4 Å². The maximum absolute atomic E-state index is 5.66. The highest BCUT2D eigenvalue weighted by Crippen LogP contribution is 2.52. The van der Waals surface area contributed by atoms with Crippen LogP contribution in [0.1, 0.15) is 24.2 Å². The lowest BCUT2D eigenvalue weighted by atomic mass is 9.94. The predicted octanol–water partition coefficient (Wildman–Crippen LogP) is 3.09. The topological polar surface area (TPSA) is 73.1 Å².